The Bertz CT molecular complexity index is 578. The van der Waals surface area contributed by atoms with Crippen molar-refractivity contribution in [2.24, 2.45) is 0 Å². The Hall–Kier alpha value is -1.03. The lowest BCUT2D eigenvalue weighted by Crippen LogP contribution is -2.10. The van der Waals surface area contributed by atoms with Crippen LogP contribution in [0.25, 0.3) is 0 Å². The average molecular weight is 301 g/mol. The predicted octanol–water partition coefficient (Wildman–Crippen LogP) is 4.63. The van der Waals surface area contributed by atoms with E-state index in [0.717, 1.165) is 5.56 Å². The maximum absolute atomic E-state index is 11.8. The van der Waals surface area contributed by atoms with Gasteiger partial charge in [-0.1, -0.05) is 29.3 Å². The van der Waals surface area contributed by atoms with Gasteiger partial charge in [0.2, 0.25) is 5.78 Å². The molecule has 2 nitrogen and oxygen atoms in total. The summed E-state index contributed by atoms with van der Waals surface area (Å²) < 4.78 is 5.99. The van der Waals surface area contributed by atoms with Crippen molar-refractivity contribution in [2.75, 3.05) is 6.61 Å². The summed E-state index contributed by atoms with van der Waals surface area (Å²) in [6.45, 7) is 1.90. The summed E-state index contributed by atoms with van der Waals surface area (Å²) in [6, 6.07) is 8.82. The Kier molecular flexibility index (Phi) is 4.27. The number of hydrogen-bond donors (Lipinski definition) is 0. The van der Waals surface area contributed by atoms with Crippen molar-refractivity contribution < 1.29 is 9.53 Å². The molecule has 0 bridgehead atoms. The van der Waals surface area contributed by atoms with E-state index in [-0.39, 0.29) is 12.4 Å². The van der Waals surface area contributed by atoms with Crippen molar-refractivity contribution in [1.82, 2.24) is 0 Å². The number of carbonyl (C=O) groups excluding carboxylic acids is 1. The lowest BCUT2D eigenvalue weighted by atomic mass is 10.2. The molecule has 0 N–H and O–H groups in total. The molecule has 0 saturated heterocycles. The third-order valence-electron chi connectivity index (χ3n) is 2.29. The third kappa shape index (κ3) is 3.25. The number of rotatable bonds is 4. The van der Waals surface area contributed by atoms with Crippen LogP contribution >= 0.6 is 34.5 Å². The highest BCUT2D eigenvalue weighted by atomic mass is 35.5. The van der Waals surface area contributed by atoms with E-state index in [2.05, 4.69) is 0 Å². The Morgan fingerprint density at radius 2 is 2.06 bits per heavy atom. The van der Waals surface area contributed by atoms with Crippen LogP contribution in [0.15, 0.2) is 30.3 Å². The van der Waals surface area contributed by atoms with Gasteiger partial charge in [-0.3, -0.25) is 4.79 Å². The highest BCUT2D eigenvalue weighted by molar-refractivity contribution is 7.18. The minimum atomic E-state index is -0.108. The van der Waals surface area contributed by atoms with Gasteiger partial charge in [0.25, 0.3) is 0 Å². The van der Waals surface area contributed by atoms with Crippen molar-refractivity contribution in [3.8, 4) is 5.75 Å². The van der Waals surface area contributed by atoms with E-state index in [1.54, 1.807) is 24.3 Å². The van der Waals surface area contributed by atoms with Crippen molar-refractivity contribution in [2.45, 2.75) is 6.92 Å². The van der Waals surface area contributed by atoms with Crippen molar-refractivity contribution in [3.63, 3.8) is 0 Å². The molecule has 1 aromatic heterocycles. The highest BCUT2D eigenvalue weighted by Crippen LogP contribution is 2.26. The Labute approximate surface area is 119 Å². The standard InChI is InChI=1S/C13H10Cl2O2S/c1-8-2-3-11(9(14)6-8)17-7-10(16)12-4-5-13(15)18-12/h2-6H,7H2,1H3. The summed E-state index contributed by atoms with van der Waals surface area (Å²) in [5.74, 6) is 0.404. The van der Waals surface area contributed by atoms with Gasteiger partial charge in [0.15, 0.2) is 6.61 Å². The van der Waals surface area contributed by atoms with E-state index in [4.69, 9.17) is 27.9 Å². The first-order valence-corrected chi connectivity index (χ1v) is 6.81. The Morgan fingerprint density at radius 1 is 1.28 bits per heavy atom. The van der Waals surface area contributed by atoms with Crippen LogP contribution in [0.5, 0.6) is 5.75 Å². The van der Waals surface area contributed by atoms with Crippen molar-refractivity contribution >= 4 is 40.3 Å². The topological polar surface area (TPSA) is 26.3 Å². The van der Waals surface area contributed by atoms with Crippen LogP contribution in [-0.2, 0) is 0 Å². The van der Waals surface area contributed by atoms with Gasteiger partial charge in [-0.25, -0.2) is 0 Å². The second kappa shape index (κ2) is 5.74. The maximum atomic E-state index is 11.8. The lowest BCUT2D eigenvalue weighted by molar-refractivity contribution is 0.0925. The van der Waals surface area contributed by atoms with E-state index in [1.807, 2.05) is 13.0 Å². The number of aryl methyl sites for hydroxylation is 1. The number of halogens is 2. The van der Waals surface area contributed by atoms with E-state index in [1.165, 1.54) is 11.3 Å². The van der Waals surface area contributed by atoms with Gasteiger partial charge >= 0.3 is 0 Å². The van der Waals surface area contributed by atoms with Crippen molar-refractivity contribution in [3.05, 3.63) is 50.1 Å². The number of benzene rings is 1. The molecule has 0 aliphatic rings. The molecule has 0 aliphatic heterocycles. The summed E-state index contributed by atoms with van der Waals surface area (Å²) in [6.07, 6.45) is 0. The van der Waals surface area contributed by atoms with Crippen LogP contribution < -0.4 is 4.74 Å². The second-order valence-electron chi connectivity index (χ2n) is 3.75. The molecule has 94 valence electrons. The number of ketones is 1. The first-order valence-electron chi connectivity index (χ1n) is 5.24. The molecule has 0 radical (unpaired) electrons. The highest BCUT2D eigenvalue weighted by Gasteiger charge is 2.10. The monoisotopic (exact) mass is 300 g/mol. The molecule has 1 aromatic carbocycles. The quantitative estimate of drug-likeness (QED) is 0.770. The minimum Gasteiger partial charge on any atom is -0.484 e. The van der Waals surface area contributed by atoms with Crippen LogP contribution in [0.2, 0.25) is 9.36 Å². The summed E-state index contributed by atoms with van der Waals surface area (Å²) >= 11 is 13.0. The van der Waals surface area contributed by atoms with E-state index >= 15 is 0 Å². The molecule has 18 heavy (non-hydrogen) atoms. The van der Waals surface area contributed by atoms with Gasteiger partial charge in [-0.2, -0.15) is 0 Å². The molecular formula is C13H10Cl2O2S. The van der Waals surface area contributed by atoms with Gasteiger partial charge in [-0.15, -0.1) is 11.3 Å². The first kappa shape index (κ1) is 13.4. The molecule has 0 spiro atoms. The van der Waals surface area contributed by atoms with E-state index in [0.29, 0.717) is 20.0 Å². The fraction of sp³-hybridized carbons (Fsp3) is 0.154. The number of Topliss-reactive ketones (excluding diaryl/α,β-unsaturated/α-hetero) is 1. The van der Waals surface area contributed by atoms with Crippen LogP contribution in [0.1, 0.15) is 15.2 Å². The molecule has 0 fully saturated rings. The molecule has 0 saturated carbocycles. The van der Waals surface area contributed by atoms with Gasteiger partial charge in [0.1, 0.15) is 5.75 Å². The lowest BCUT2D eigenvalue weighted by Gasteiger charge is -2.07. The first-order chi connectivity index (χ1) is 8.56. The van der Waals surface area contributed by atoms with Gasteiger partial charge < -0.3 is 4.74 Å². The van der Waals surface area contributed by atoms with Crippen LogP contribution in [0.4, 0.5) is 0 Å². The maximum Gasteiger partial charge on any atom is 0.210 e. The molecule has 0 aliphatic carbocycles. The van der Waals surface area contributed by atoms with E-state index < -0.39 is 0 Å². The molecule has 1 heterocycles. The smallest absolute Gasteiger partial charge is 0.210 e. The van der Waals surface area contributed by atoms with Crippen LogP contribution in [0.3, 0.4) is 0 Å². The zero-order chi connectivity index (χ0) is 13.1. The van der Waals surface area contributed by atoms with Gasteiger partial charge in [0, 0.05) is 0 Å². The molecule has 5 heteroatoms. The summed E-state index contributed by atoms with van der Waals surface area (Å²) in [7, 11) is 0. The molecule has 0 amide bonds. The molecule has 2 rings (SSSR count). The average Bonchev–Trinajstić information content (AvgIpc) is 2.74. The molecule has 2 aromatic rings. The van der Waals surface area contributed by atoms with Gasteiger partial charge in [0.05, 0.1) is 14.2 Å². The Balaban J connectivity index is 2.01. The van der Waals surface area contributed by atoms with Crippen LogP contribution in [-0.4, -0.2) is 12.4 Å². The third-order valence-corrected chi connectivity index (χ3v) is 3.86. The fourth-order valence-corrected chi connectivity index (χ4v) is 2.66. The summed E-state index contributed by atoms with van der Waals surface area (Å²) in [5.41, 5.74) is 1.05. The molecule has 0 unspecified atom stereocenters. The minimum absolute atomic E-state index is 0.0420. The summed E-state index contributed by atoms with van der Waals surface area (Å²) in [4.78, 5) is 12.4. The zero-order valence-electron chi connectivity index (χ0n) is 9.57. The SMILES string of the molecule is Cc1ccc(OCC(=O)c2ccc(Cl)s2)c(Cl)c1. The number of thiophene rings is 1. The normalized spacial score (nSPS) is 10.4. The molecular weight excluding hydrogens is 291 g/mol. The van der Waals surface area contributed by atoms with Gasteiger partial charge in [-0.05, 0) is 36.8 Å². The number of carbonyl (C=O) groups is 1. The number of ether oxygens (including phenoxy) is 1. The summed E-state index contributed by atoms with van der Waals surface area (Å²) in [5, 5.41) is 0.506. The number of hydrogen-bond acceptors (Lipinski definition) is 3. The van der Waals surface area contributed by atoms with Crippen LogP contribution in [0, 0.1) is 6.92 Å². The fourth-order valence-electron chi connectivity index (χ4n) is 1.40. The molecule has 0 atom stereocenters. The van der Waals surface area contributed by atoms with E-state index in [9.17, 15) is 4.79 Å². The van der Waals surface area contributed by atoms with Crippen molar-refractivity contribution in [1.29, 1.82) is 0 Å². The largest absolute Gasteiger partial charge is 0.484 e. The predicted molar refractivity (Wildman–Crippen MR) is 75.3 cm³/mol. The zero-order valence-corrected chi connectivity index (χ0v) is 11.9. The second-order valence-corrected chi connectivity index (χ2v) is 5.87. The Morgan fingerprint density at radius 3 is 2.67 bits per heavy atom.